The van der Waals surface area contributed by atoms with Crippen LogP contribution in [0.4, 0.5) is 5.82 Å². The zero-order chi connectivity index (χ0) is 13.4. The van der Waals surface area contributed by atoms with Gasteiger partial charge in [-0.2, -0.15) is 0 Å². The van der Waals surface area contributed by atoms with Gasteiger partial charge in [-0.3, -0.25) is 0 Å². The Labute approximate surface area is 119 Å². The second kappa shape index (κ2) is 4.82. The van der Waals surface area contributed by atoms with Crippen LogP contribution < -0.4 is 10.1 Å². The Kier molecular flexibility index (Phi) is 2.84. The lowest BCUT2D eigenvalue weighted by atomic mass is 10.0. The monoisotopic (exact) mass is 266 g/mol. The summed E-state index contributed by atoms with van der Waals surface area (Å²) in [5.41, 5.74) is 3.93. The molecule has 1 aliphatic heterocycles. The molecule has 102 valence electrons. The molecule has 0 amide bonds. The third kappa shape index (κ3) is 2.03. The van der Waals surface area contributed by atoms with E-state index < -0.39 is 0 Å². The number of pyridine rings is 1. The molecule has 3 nitrogen and oxygen atoms in total. The van der Waals surface area contributed by atoms with E-state index in [1.165, 1.54) is 29.7 Å². The first kappa shape index (κ1) is 11.8. The van der Waals surface area contributed by atoms with Gasteiger partial charge in [-0.05, 0) is 37.0 Å². The first-order valence-corrected chi connectivity index (χ1v) is 7.37. The van der Waals surface area contributed by atoms with Crippen molar-refractivity contribution in [1.82, 2.24) is 4.98 Å². The highest BCUT2D eigenvalue weighted by atomic mass is 16.5. The summed E-state index contributed by atoms with van der Waals surface area (Å²) in [5.74, 6) is 1.99. The van der Waals surface area contributed by atoms with E-state index in [4.69, 9.17) is 9.72 Å². The van der Waals surface area contributed by atoms with Gasteiger partial charge >= 0.3 is 0 Å². The minimum Gasteiger partial charge on any atom is -0.493 e. The largest absolute Gasteiger partial charge is 0.493 e. The molecule has 1 aromatic carbocycles. The van der Waals surface area contributed by atoms with E-state index in [9.17, 15) is 0 Å². The van der Waals surface area contributed by atoms with Gasteiger partial charge in [0.25, 0.3) is 0 Å². The molecule has 0 bridgehead atoms. The molecule has 2 heterocycles. The number of rotatable bonds is 2. The summed E-state index contributed by atoms with van der Waals surface area (Å²) in [4.78, 5) is 4.77. The zero-order valence-electron chi connectivity index (χ0n) is 11.4. The van der Waals surface area contributed by atoms with Crippen molar-refractivity contribution in [3.8, 4) is 5.75 Å². The second-order valence-electron chi connectivity index (χ2n) is 5.53. The van der Waals surface area contributed by atoms with Crippen LogP contribution in [0.2, 0.25) is 0 Å². The number of hydrogen-bond acceptors (Lipinski definition) is 3. The minimum atomic E-state index is 0.298. The Hall–Kier alpha value is -2.03. The summed E-state index contributed by atoms with van der Waals surface area (Å²) < 4.78 is 5.70. The average molecular weight is 266 g/mol. The fourth-order valence-electron chi connectivity index (χ4n) is 3.17. The SMILES string of the molecule is c1ccc2c(c1)OCCC2Nc1ccc2c(n1)CCC2. The number of fused-ring (bicyclic) bond motifs is 2. The number of para-hydroxylation sites is 1. The van der Waals surface area contributed by atoms with E-state index in [-0.39, 0.29) is 0 Å². The Morgan fingerprint density at radius 1 is 1.10 bits per heavy atom. The van der Waals surface area contributed by atoms with Crippen molar-refractivity contribution < 1.29 is 4.74 Å². The number of benzene rings is 1. The Morgan fingerprint density at radius 2 is 2.05 bits per heavy atom. The van der Waals surface area contributed by atoms with Crippen molar-refractivity contribution in [2.45, 2.75) is 31.7 Å². The van der Waals surface area contributed by atoms with Gasteiger partial charge in [0.15, 0.2) is 0 Å². The zero-order valence-corrected chi connectivity index (χ0v) is 11.4. The lowest BCUT2D eigenvalue weighted by Gasteiger charge is -2.27. The first-order chi connectivity index (χ1) is 9.90. The highest BCUT2D eigenvalue weighted by molar-refractivity contribution is 5.46. The van der Waals surface area contributed by atoms with Crippen LogP contribution in [0.3, 0.4) is 0 Å². The predicted octanol–water partition coefficient (Wildman–Crippen LogP) is 3.51. The van der Waals surface area contributed by atoms with Crippen molar-refractivity contribution in [3.63, 3.8) is 0 Å². The molecule has 2 aromatic rings. The number of nitrogens with zero attached hydrogens (tertiary/aromatic N) is 1. The average Bonchev–Trinajstić information content (AvgIpc) is 2.95. The quantitative estimate of drug-likeness (QED) is 0.903. The Balaban J connectivity index is 1.61. The van der Waals surface area contributed by atoms with Gasteiger partial charge in [0.2, 0.25) is 0 Å². The van der Waals surface area contributed by atoms with E-state index in [1.807, 2.05) is 12.1 Å². The molecular weight excluding hydrogens is 248 g/mol. The van der Waals surface area contributed by atoms with Gasteiger partial charge in [0, 0.05) is 17.7 Å². The molecule has 4 rings (SSSR count). The first-order valence-electron chi connectivity index (χ1n) is 7.37. The number of aromatic nitrogens is 1. The van der Waals surface area contributed by atoms with Gasteiger partial charge in [-0.1, -0.05) is 24.3 Å². The molecule has 0 fully saturated rings. The van der Waals surface area contributed by atoms with Crippen LogP contribution in [0.15, 0.2) is 36.4 Å². The number of aryl methyl sites for hydroxylation is 2. The van der Waals surface area contributed by atoms with Crippen molar-refractivity contribution in [2.75, 3.05) is 11.9 Å². The van der Waals surface area contributed by atoms with E-state index >= 15 is 0 Å². The maximum atomic E-state index is 5.70. The summed E-state index contributed by atoms with van der Waals surface area (Å²) in [7, 11) is 0. The highest BCUT2D eigenvalue weighted by Gasteiger charge is 2.21. The van der Waals surface area contributed by atoms with Gasteiger partial charge in [-0.15, -0.1) is 0 Å². The highest BCUT2D eigenvalue weighted by Crippen LogP contribution is 2.34. The summed E-state index contributed by atoms with van der Waals surface area (Å²) in [6.07, 6.45) is 4.53. The fraction of sp³-hybridized carbons (Fsp3) is 0.353. The predicted molar refractivity (Wildman–Crippen MR) is 79.2 cm³/mol. The van der Waals surface area contributed by atoms with E-state index in [0.717, 1.165) is 31.0 Å². The van der Waals surface area contributed by atoms with Crippen LogP contribution in [0.25, 0.3) is 0 Å². The molecule has 1 N–H and O–H groups in total. The van der Waals surface area contributed by atoms with Gasteiger partial charge in [0.1, 0.15) is 11.6 Å². The molecule has 1 aliphatic carbocycles. The van der Waals surface area contributed by atoms with E-state index in [1.54, 1.807) is 0 Å². The lowest BCUT2D eigenvalue weighted by Crippen LogP contribution is -2.20. The number of ether oxygens (including phenoxy) is 1. The molecule has 1 atom stereocenters. The number of anilines is 1. The summed E-state index contributed by atoms with van der Waals surface area (Å²) >= 11 is 0. The standard InChI is InChI=1S/C17H18N2O/c1-2-7-16-13(5-1)15(10-11-20-16)19-17-9-8-12-4-3-6-14(12)18-17/h1-2,5,7-9,15H,3-4,6,10-11H2,(H,18,19). The van der Waals surface area contributed by atoms with Crippen molar-refractivity contribution in [2.24, 2.45) is 0 Å². The number of nitrogens with one attached hydrogen (secondary N) is 1. The van der Waals surface area contributed by atoms with Crippen molar-refractivity contribution in [3.05, 3.63) is 53.2 Å². The van der Waals surface area contributed by atoms with Gasteiger partial charge in [0.05, 0.1) is 12.6 Å². The molecule has 1 aromatic heterocycles. The maximum absolute atomic E-state index is 5.70. The molecule has 3 heteroatoms. The molecule has 20 heavy (non-hydrogen) atoms. The van der Waals surface area contributed by atoms with E-state index in [0.29, 0.717) is 6.04 Å². The third-order valence-corrected chi connectivity index (χ3v) is 4.21. The van der Waals surface area contributed by atoms with Crippen molar-refractivity contribution >= 4 is 5.82 Å². The lowest BCUT2D eigenvalue weighted by molar-refractivity contribution is 0.274. The Bertz CT molecular complexity index is 639. The third-order valence-electron chi connectivity index (χ3n) is 4.21. The molecule has 0 spiro atoms. The summed E-state index contributed by atoms with van der Waals surface area (Å²) in [6, 6.07) is 12.9. The molecule has 2 aliphatic rings. The van der Waals surface area contributed by atoms with Crippen LogP contribution in [0.1, 0.15) is 35.7 Å². The fourth-order valence-corrected chi connectivity index (χ4v) is 3.17. The smallest absolute Gasteiger partial charge is 0.126 e. The molecule has 1 unspecified atom stereocenters. The molecule has 0 saturated heterocycles. The number of hydrogen-bond donors (Lipinski definition) is 1. The Morgan fingerprint density at radius 3 is 3.05 bits per heavy atom. The van der Waals surface area contributed by atoms with Crippen LogP contribution in [0, 0.1) is 0 Å². The molecule has 0 radical (unpaired) electrons. The normalized spacial score (nSPS) is 19.9. The van der Waals surface area contributed by atoms with Crippen LogP contribution in [-0.4, -0.2) is 11.6 Å². The van der Waals surface area contributed by atoms with Gasteiger partial charge in [-0.25, -0.2) is 4.98 Å². The maximum Gasteiger partial charge on any atom is 0.126 e. The van der Waals surface area contributed by atoms with Crippen molar-refractivity contribution in [1.29, 1.82) is 0 Å². The summed E-state index contributed by atoms with van der Waals surface area (Å²) in [6.45, 7) is 0.764. The second-order valence-corrected chi connectivity index (χ2v) is 5.53. The van der Waals surface area contributed by atoms with Crippen LogP contribution in [0.5, 0.6) is 5.75 Å². The van der Waals surface area contributed by atoms with Gasteiger partial charge < -0.3 is 10.1 Å². The summed E-state index contributed by atoms with van der Waals surface area (Å²) in [5, 5.41) is 3.58. The molecule has 0 saturated carbocycles. The van der Waals surface area contributed by atoms with E-state index in [2.05, 4.69) is 29.6 Å². The topological polar surface area (TPSA) is 34.1 Å². The minimum absolute atomic E-state index is 0.298. The van der Waals surface area contributed by atoms with Crippen LogP contribution >= 0.6 is 0 Å². The van der Waals surface area contributed by atoms with Crippen LogP contribution in [-0.2, 0) is 12.8 Å². The molecular formula is C17H18N2O.